The third-order valence-corrected chi connectivity index (χ3v) is 24.8. The first-order valence-electron chi connectivity index (χ1n) is 43.3. The summed E-state index contributed by atoms with van der Waals surface area (Å²) in [5.74, 6) is -16.5. The van der Waals surface area contributed by atoms with Gasteiger partial charge in [0.25, 0.3) is 11.6 Å². The van der Waals surface area contributed by atoms with Crippen molar-refractivity contribution in [1.82, 2.24) is 26.6 Å². The molecule has 0 aromatic carbocycles. The van der Waals surface area contributed by atoms with Crippen LogP contribution in [0, 0.1) is 0 Å². The van der Waals surface area contributed by atoms with Crippen molar-refractivity contribution in [3.05, 3.63) is 0 Å². The summed E-state index contributed by atoms with van der Waals surface area (Å²) in [7, 11) is 0. The van der Waals surface area contributed by atoms with Crippen molar-refractivity contribution in [2.75, 3.05) is 59.5 Å². The van der Waals surface area contributed by atoms with E-state index in [1.54, 1.807) is 0 Å². The van der Waals surface area contributed by atoms with Gasteiger partial charge in [0.15, 0.2) is 50.3 Å². The zero-order valence-electron chi connectivity index (χ0n) is 73.7. The van der Waals surface area contributed by atoms with E-state index in [1.165, 1.54) is 6.92 Å². The summed E-state index contributed by atoms with van der Waals surface area (Å²) in [5.41, 5.74) is 0. The molecular weight excluding hydrogens is 1880 g/mol. The molecule has 52 atom stereocenters. The van der Waals surface area contributed by atoms with Crippen molar-refractivity contribution < 1.29 is 277 Å². The molecule has 35 N–H and O–H groups in total. The first-order valence-corrected chi connectivity index (χ1v) is 43.3. The maximum absolute atomic E-state index is 13.8. The van der Waals surface area contributed by atoms with Gasteiger partial charge in [-0.1, -0.05) is 0 Å². The predicted molar refractivity (Wildman–Crippen MR) is 421 cm³/mol. The van der Waals surface area contributed by atoms with Gasteiger partial charge in [0.1, 0.15) is 226 Å². The molecule has 10 aliphatic rings. The number of aliphatic hydroxyl groups excluding tert-OH is 28. The Labute approximate surface area is 774 Å². The van der Waals surface area contributed by atoms with E-state index in [-0.39, 0.29) is 0 Å². The molecular formula is C76H125N5O56. The van der Waals surface area contributed by atoms with Crippen molar-refractivity contribution in [2.24, 2.45) is 0 Å². The van der Waals surface area contributed by atoms with E-state index >= 15 is 0 Å². The second-order valence-corrected chi connectivity index (χ2v) is 34.6. The lowest BCUT2D eigenvalue weighted by molar-refractivity contribution is -0.400. The predicted octanol–water partition coefficient (Wildman–Crippen LogP) is -22.6. The quantitative estimate of drug-likeness (QED) is 0.0273. The summed E-state index contributed by atoms with van der Waals surface area (Å²) in [6, 6.07) is -9.86. The molecule has 10 rings (SSSR count). The summed E-state index contributed by atoms with van der Waals surface area (Å²) < 4.78 is 112. The number of aliphatic hydroxyl groups is 28. The van der Waals surface area contributed by atoms with Crippen LogP contribution < -0.4 is 26.6 Å². The molecule has 0 aromatic heterocycles. The normalized spacial score (nSPS) is 46.4. The molecule has 10 fully saturated rings. The second kappa shape index (κ2) is 48.4. The monoisotopic (exact) mass is 2000 g/mol. The molecule has 61 nitrogen and oxygen atoms in total. The van der Waals surface area contributed by atoms with Gasteiger partial charge in [-0.05, 0) is 6.92 Å². The van der Waals surface area contributed by atoms with Gasteiger partial charge >= 0.3 is 11.9 Å². The van der Waals surface area contributed by atoms with E-state index in [9.17, 15) is 187 Å². The van der Waals surface area contributed by atoms with E-state index in [0.717, 1.165) is 34.6 Å². The van der Waals surface area contributed by atoms with Gasteiger partial charge < -0.3 is 270 Å². The lowest BCUT2D eigenvalue weighted by Crippen LogP contribution is -2.72. The Morgan fingerprint density at radius 1 is 0.328 bits per heavy atom. The number of carboxylic acids is 2. The minimum Gasteiger partial charge on any atom is -0.477 e. The van der Waals surface area contributed by atoms with Crippen LogP contribution in [0.5, 0.6) is 0 Å². The molecule has 0 aliphatic carbocycles. The van der Waals surface area contributed by atoms with E-state index in [4.69, 9.17) is 90.0 Å². The number of nitrogens with one attached hydrogen (secondary N) is 5. The van der Waals surface area contributed by atoms with Crippen molar-refractivity contribution in [3.63, 3.8) is 0 Å². The molecule has 0 bridgehead atoms. The number of carbonyl (C=O) groups is 7. The Hall–Kier alpha value is -5.59. The lowest BCUT2D eigenvalue weighted by Gasteiger charge is -2.52. The Morgan fingerprint density at radius 3 is 1.16 bits per heavy atom. The molecule has 5 amide bonds. The lowest BCUT2D eigenvalue weighted by atomic mass is 9.87. The smallest absolute Gasteiger partial charge is 0.364 e. The Morgan fingerprint density at radius 2 is 0.686 bits per heavy atom. The summed E-state index contributed by atoms with van der Waals surface area (Å²) in [6.07, 6.45) is -103. The average molecular weight is 2000 g/mol. The zero-order chi connectivity index (χ0) is 102. The molecule has 137 heavy (non-hydrogen) atoms. The van der Waals surface area contributed by atoms with Gasteiger partial charge in [0.05, 0.1) is 89.9 Å². The van der Waals surface area contributed by atoms with Crippen LogP contribution in [0.4, 0.5) is 0 Å². The maximum atomic E-state index is 13.8. The van der Waals surface area contributed by atoms with Crippen LogP contribution in [0.15, 0.2) is 0 Å². The van der Waals surface area contributed by atoms with Crippen molar-refractivity contribution in [3.8, 4) is 0 Å². The molecule has 10 heterocycles. The highest BCUT2D eigenvalue weighted by atomic mass is 16.8. The molecule has 0 saturated carbocycles. The third kappa shape index (κ3) is 25.1. The largest absolute Gasteiger partial charge is 0.477 e. The highest BCUT2D eigenvalue weighted by Gasteiger charge is 2.66. The van der Waals surface area contributed by atoms with Crippen molar-refractivity contribution >= 4 is 41.5 Å². The Bertz CT molecular complexity index is 3910. The zero-order valence-corrected chi connectivity index (χ0v) is 73.7. The molecule has 10 aliphatic heterocycles. The average Bonchev–Trinajstić information content (AvgIpc) is 0.752. The van der Waals surface area contributed by atoms with E-state index < -0.39 is 432 Å². The van der Waals surface area contributed by atoms with Crippen LogP contribution in [0.2, 0.25) is 0 Å². The third-order valence-electron chi connectivity index (χ3n) is 24.8. The molecule has 61 heteroatoms. The summed E-state index contributed by atoms with van der Waals surface area (Å²) in [6.45, 7) is -5.27. The number of amides is 5. The maximum Gasteiger partial charge on any atom is 0.364 e. The second-order valence-electron chi connectivity index (χ2n) is 34.6. The number of carbonyl (C=O) groups excluding carboxylic acids is 5. The number of rotatable bonds is 38. The fourth-order valence-corrected chi connectivity index (χ4v) is 17.6. The first-order chi connectivity index (χ1) is 64.4. The fraction of sp³-hybridized carbons (Fsp3) is 0.908. The molecule has 0 unspecified atom stereocenters. The number of carboxylic acid groups (broad SMARTS) is 2. The van der Waals surface area contributed by atoms with E-state index in [0.29, 0.717) is 0 Å². The Balaban J connectivity index is 0.923. The van der Waals surface area contributed by atoms with Crippen LogP contribution >= 0.6 is 0 Å². The van der Waals surface area contributed by atoms with Gasteiger partial charge in [-0.3, -0.25) is 24.0 Å². The number of hydrogen-bond donors (Lipinski definition) is 35. The van der Waals surface area contributed by atoms with E-state index in [1.807, 2.05) is 0 Å². The minimum atomic E-state index is -3.61. The van der Waals surface area contributed by atoms with Crippen LogP contribution in [-0.2, 0) is 124 Å². The summed E-state index contributed by atoms with van der Waals surface area (Å²) in [4.78, 5) is 91.1. The number of aliphatic carboxylic acids is 2. The Kier molecular flexibility index (Phi) is 40.1. The standard InChI is InChI=1S/C76H125N5O56/c1-18-40(97)50(107)53(110)68(121-18)120-17-34-59(47(104)37(65(114)122-34)79-21(4)91)129-66-38(80-22(5)92)48(105)57(31(14-87)126-66)130-70-55(112)62(46(103)33(128-70)16-119-69-54(111)51(108)42(99)27(10-83)123-69)132-72-64(52(109)43(100)28(11-84)125-72)133-67-39(81-23(6)93)49(106)58(32(15-88)127-67)131-71-56(113)63(44(101)29(12-85)124-71)137-76(74(117)118)8-25(95)36(78-20(3)90)61(136-76)45(102)30(13-86)134-75(73(115)116)7-24(94)35(77-19(2)89)60(135-75)41(98)26(96)9-82/h18,24-72,82-88,94-114H,7-17H2,1-6H3,(H,77,89)(H,78,90)(H,79,91)(H,80,92)(H,81,93)(H,115,116)(H,117,118)/t18-,24+,25+,26-,27-,28-,29-,30-,31-,32-,33-,34-,35-,36-,37-,38-,39-,40+,41-,42-,43-,44+,45-,46-,47-,48-,49-,50+,51+,52+,53-,54+,55+,56-,57-,58-,59-,60-,61-,62+,63+,64+,65+,66+,67+,68+,69+,70+,71+,72-,75-,76+/m1/s1. The van der Waals surface area contributed by atoms with Crippen LogP contribution in [0.25, 0.3) is 0 Å². The molecule has 790 valence electrons. The summed E-state index contributed by atoms with van der Waals surface area (Å²) in [5, 5.41) is 349. The van der Waals surface area contributed by atoms with Crippen molar-refractivity contribution in [2.45, 2.75) is 372 Å². The van der Waals surface area contributed by atoms with Gasteiger partial charge in [0, 0.05) is 47.5 Å². The highest BCUT2D eigenvalue weighted by Crippen LogP contribution is 2.44. The SMILES string of the molecule is CC(=O)N[C@@H]1[C@@H](O)[C@H](O[C@@H]2O[C@H](CO)[C@@H](O[C@@H]3O[C@H](CO[C@H]4O[C@H](CO)[C@@H](O)[C@H](O)[C@@H]4O)[C@@H](O)[C@H](O[C@H]4O[C@H](CO)[C@@H](O)[C@H](O)[C@@H]4O[C@@H]4O[C@H](CO)[C@@H](O[C@@H]5O[C@H](CO)[C@H](O)[C@H](O[C@]6(C(=O)O)C[C@H](O)[C@@H](NC(C)=O)[C@H]([C@H](O)[C@@H](CO)O[C@]7(C(=O)O)C[C@H](O)[C@@H](NC(C)=O)[C@H]([C@H](O)[C@H](O)CO)O7)O6)[C@H]5O)[C@H](O)[C@H]4NC(C)=O)[C@@H]3O)[C@H](O)[C@H]2NC(C)=O)[C@@H](CO[C@H]2O[C@H](C)[C@H](O)[C@H](O)[C@H]2O)O[C@@H]1O. The number of hydrogen-bond acceptors (Lipinski definition) is 54. The fourth-order valence-electron chi connectivity index (χ4n) is 17.6. The molecule has 0 spiro atoms. The van der Waals surface area contributed by atoms with Crippen LogP contribution in [0.3, 0.4) is 0 Å². The molecule has 10 saturated heterocycles. The molecule has 0 radical (unpaired) electrons. The van der Waals surface area contributed by atoms with Crippen LogP contribution in [-0.4, -0.2) is 572 Å². The molecule has 0 aromatic rings. The van der Waals surface area contributed by atoms with Crippen LogP contribution in [0.1, 0.15) is 54.4 Å². The topological polar surface area (TPSA) is 962 Å². The van der Waals surface area contributed by atoms with Crippen molar-refractivity contribution in [1.29, 1.82) is 0 Å². The highest BCUT2D eigenvalue weighted by molar-refractivity contribution is 5.78. The number of ether oxygens (including phenoxy) is 19. The van der Waals surface area contributed by atoms with Gasteiger partial charge in [-0.25, -0.2) is 9.59 Å². The van der Waals surface area contributed by atoms with Gasteiger partial charge in [0.2, 0.25) is 29.5 Å². The first kappa shape index (κ1) is 113. The van der Waals surface area contributed by atoms with Gasteiger partial charge in [-0.15, -0.1) is 0 Å². The minimum absolute atomic E-state index is 0.830. The van der Waals surface area contributed by atoms with E-state index in [2.05, 4.69) is 26.6 Å². The summed E-state index contributed by atoms with van der Waals surface area (Å²) >= 11 is 0. The van der Waals surface area contributed by atoms with Gasteiger partial charge in [-0.2, -0.15) is 0 Å².